The van der Waals surface area contributed by atoms with Crippen LogP contribution < -0.4 is 10.6 Å². The average molecular weight is 470 g/mol. The van der Waals surface area contributed by atoms with E-state index in [1.807, 2.05) is 13.8 Å². The summed E-state index contributed by atoms with van der Waals surface area (Å²) in [6.07, 6.45) is 16.3. The third kappa shape index (κ3) is 16.2. The summed E-state index contributed by atoms with van der Waals surface area (Å²) in [5, 5.41) is 5.59. The van der Waals surface area contributed by atoms with Gasteiger partial charge in [0.25, 0.3) is 5.91 Å². The molecule has 3 rings (SSSR count). The van der Waals surface area contributed by atoms with Crippen molar-refractivity contribution in [3.05, 3.63) is 11.1 Å². The molecule has 0 aliphatic heterocycles. The van der Waals surface area contributed by atoms with Crippen molar-refractivity contribution in [3.63, 3.8) is 0 Å². The average Bonchev–Trinajstić information content (AvgIpc) is 3.25. The number of hydrogen-bond donors (Lipinski definition) is 2. The Morgan fingerprint density at radius 1 is 1.00 bits per heavy atom. The predicted octanol–water partition coefficient (Wildman–Crippen LogP) is 6.68. The second-order valence-corrected chi connectivity index (χ2v) is 9.48. The Bertz CT molecular complexity index is 579. The van der Waals surface area contributed by atoms with E-state index in [2.05, 4.69) is 29.5 Å². The van der Waals surface area contributed by atoms with Gasteiger partial charge in [-0.05, 0) is 11.8 Å². The fraction of sp³-hybridized carbons (Fsp3) is 0.800. The Labute approximate surface area is 200 Å². The van der Waals surface area contributed by atoms with E-state index in [0.717, 1.165) is 23.2 Å². The third-order valence-corrected chi connectivity index (χ3v) is 6.30. The molecule has 32 heavy (non-hydrogen) atoms. The summed E-state index contributed by atoms with van der Waals surface area (Å²) >= 11 is 1.13. The number of methoxy groups -OCH3 is 1. The number of thiazole rings is 1. The minimum absolute atomic E-state index is 0.208. The van der Waals surface area contributed by atoms with Crippen LogP contribution in [0.25, 0.3) is 0 Å². The smallest absolute Gasteiger partial charge is 0.263 e. The lowest BCUT2D eigenvalue weighted by molar-refractivity contribution is -0.114. The van der Waals surface area contributed by atoms with E-state index < -0.39 is 0 Å². The van der Waals surface area contributed by atoms with Crippen LogP contribution in [0.3, 0.4) is 0 Å². The quantitative estimate of drug-likeness (QED) is 0.471. The molecule has 2 N–H and O–H groups in total. The first-order chi connectivity index (χ1) is 15.4. The van der Waals surface area contributed by atoms with Crippen molar-refractivity contribution in [1.82, 2.24) is 10.3 Å². The number of amides is 2. The van der Waals surface area contributed by atoms with Gasteiger partial charge in [-0.1, -0.05) is 103 Å². The van der Waals surface area contributed by atoms with Gasteiger partial charge in [0, 0.05) is 20.6 Å². The topological polar surface area (TPSA) is 80.3 Å². The molecule has 0 atom stereocenters. The molecule has 2 aliphatic rings. The molecule has 2 aliphatic carbocycles. The van der Waals surface area contributed by atoms with Crippen LogP contribution in [0.4, 0.5) is 5.13 Å². The van der Waals surface area contributed by atoms with E-state index in [4.69, 9.17) is 4.74 Å². The Balaban J connectivity index is 0.000000494. The highest BCUT2D eigenvalue weighted by molar-refractivity contribution is 7.17. The molecule has 7 heteroatoms. The zero-order valence-corrected chi connectivity index (χ0v) is 22.1. The lowest BCUT2D eigenvalue weighted by Gasteiger charge is -2.15. The first-order valence-corrected chi connectivity index (χ1v) is 13.2. The van der Waals surface area contributed by atoms with Gasteiger partial charge in [0.1, 0.15) is 4.88 Å². The van der Waals surface area contributed by atoms with Crippen molar-refractivity contribution in [1.29, 1.82) is 0 Å². The van der Waals surface area contributed by atoms with Crippen molar-refractivity contribution in [3.8, 4) is 0 Å². The molecule has 2 amide bonds. The molecule has 0 saturated heterocycles. The highest BCUT2D eigenvalue weighted by Gasteiger charge is 2.10. The van der Waals surface area contributed by atoms with Crippen molar-refractivity contribution in [2.45, 2.75) is 98.8 Å². The maximum atomic E-state index is 11.5. The molecule has 0 spiro atoms. The highest BCUT2D eigenvalue weighted by Crippen LogP contribution is 2.22. The Kier molecular flexibility index (Phi) is 19.2. The monoisotopic (exact) mass is 469 g/mol. The summed E-state index contributed by atoms with van der Waals surface area (Å²) in [6, 6.07) is 0. The zero-order chi connectivity index (χ0) is 24.2. The molecule has 6 nitrogen and oxygen atoms in total. The van der Waals surface area contributed by atoms with Crippen molar-refractivity contribution in [2.75, 3.05) is 25.6 Å². The maximum Gasteiger partial charge on any atom is 0.263 e. The third-order valence-electron chi connectivity index (χ3n) is 5.39. The first kappa shape index (κ1) is 30.5. The molecule has 0 bridgehead atoms. The number of aromatic nitrogens is 1. The van der Waals surface area contributed by atoms with E-state index in [0.29, 0.717) is 23.2 Å². The zero-order valence-electron chi connectivity index (χ0n) is 21.3. The standard InChI is InChI=1S/C9H13N3O3S.2C7H14.C2H6/c1-6(13)12-9-11-5-7(16-9)8(14)10-3-4-15-2;2*1-7-5-3-2-4-6-7;1-2/h5H,3-4H2,1-2H3,(H,10,14)(H,11,12,13);2*7H,2-6H2,1H3;1-2H3. The van der Waals surface area contributed by atoms with Crippen LogP contribution in [0.15, 0.2) is 6.20 Å². The van der Waals surface area contributed by atoms with E-state index >= 15 is 0 Å². The SMILES string of the molecule is CC.CC1CCCCC1.CC1CCCCC1.COCCNC(=O)c1cnc(NC(C)=O)s1. The number of rotatable bonds is 5. The van der Waals surface area contributed by atoms with Crippen LogP contribution in [-0.4, -0.2) is 37.1 Å². The summed E-state index contributed by atoms with van der Waals surface area (Å²) < 4.78 is 4.80. The number of nitrogens with zero attached hydrogens (tertiary/aromatic N) is 1. The summed E-state index contributed by atoms with van der Waals surface area (Å²) in [4.78, 5) is 26.6. The largest absolute Gasteiger partial charge is 0.383 e. The molecular weight excluding hydrogens is 422 g/mol. The van der Waals surface area contributed by atoms with Gasteiger partial charge in [0.2, 0.25) is 5.91 Å². The summed E-state index contributed by atoms with van der Waals surface area (Å²) in [6.45, 7) is 11.0. The molecular formula is C25H47N3O3S. The fourth-order valence-corrected chi connectivity index (χ4v) is 4.33. The van der Waals surface area contributed by atoms with Gasteiger partial charge in [-0.2, -0.15) is 0 Å². The normalized spacial score (nSPS) is 16.2. The van der Waals surface area contributed by atoms with Gasteiger partial charge in [-0.3, -0.25) is 9.59 Å². The highest BCUT2D eigenvalue weighted by atomic mass is 32.1. The number of anilines is 1. The van der Waals surface area contributed by atoms with Crippen molar-refractivity contribution < 1.29 is 14.3 Å². The van der Waals surface area contributed by atoms with E-state index in [1.54, 1.807) is 7.11 Å². The molecule has 1 aromatic rings. The van der Waals surface area contributed by atoms with Crippen LogP contribution in [0, 0.1) is 11.8 Å². The molecule has 1 aromatic heterocycles. The van der Waals surface area contributed by atoms with Gasteiger partial charge in [-0.25, -0.2) is 4.98 Å². The van der Waals surface area contributed by atoms with E-state index in [9.17, 15) is 9.59 Å². The summed E-state index contributed by atoms with van der Waals surface area (Å²) in [5.74, 6) is 1.65. The van der Waals surface area contributed by atoms with E-state index in [1.165, 1.54) is 77.3 Å². The number of carbonyl (C=O) groups is 2. The number of nitrogens with one attached hydrogen (secondary N) is 2. The fourth-order valence-electron chi connectivity index (χ4n) is 3.55. The van der Waals surface area contributed by atoms with Crippen molar-refractivity contribution >= 4 is 28.3 Å². The molecule has 0 radical (unpaired) electrons. The maximum absolute atomic E-state index is 11.5. The van der Waals surface area contributed by atoms with Gasteiger partial charge in [0.15, 0.2) is 5.13 Å². The molecule has 0 unspecified atom stereocenters. The number of hydrogen-bond acceptors (Lipinski definition) is 5. The minimum Gasteiger partial charge on any atom is -0.383 e. The van der Waals surface area contributed by atoms with Gasteiger partial charge in [-0.15, -0.1) is 0 Å². The Hall–Kier alpha value is -1.47. The molecule has 0 aromatic carbocycles. The molecule has 2 fully saturated rings. The predicted molar refractivity (Wildman–Crippen MR) is 136 cm³/mol. The van der Waals surface area contributed by atoms with Crippen LogP contribution in [-0.2, 0) is 9.53 Å². The summed E-state index contributed by atoms with van der Waals surface area (Å²) in [7, 11) is 1.56. The van der Waals surface area contributed by atoms with Crippen LogP contribution in [0.1, 0.15) is 108 Å². The van der Waals surface area contributed by atoms with E-state index in [-0.39, 0.29) is 11.8 Å². The molecule has 186 valence electrons. The summed E-state index contributed by atoms with van der Waals surface area (Å²) in [5.41, 5.74) is 0. The van der Waals surface area contributed by atoms with Crippen molar-refractivity contribution in [2.24, 2.45) is 11.8 Å². The lowest BCUT2D eigenvalue weighted by Crippen LogP contribution is -2.26. The lowest BCUT2D eigenvalue weighted by atomic mass is 9.91. The first-order valence-electron chi connectivity index (χ1n) is 12.4. The minimum atomic E-state index is -0.217. The van der Waals surface area contributed by atoms with Crippen LogP contribution >= 0.6 is 11.3 Å². The second kappa shape index (κ2) is 20.2. The Morgan fingerprint density at radius 3 is 1.88 bits per heavy atom. The number of ether oxygens (including phenoxy) is 1. The second-order valence-electron chi connectivity index (χ2n) is 8.45. The van der Waals surface area contributed by atoms with Crippen LogP contribution in [0.5, 0.6) is 0 Å². The number of carbonyl (C=O) groups excluding carboxylic acids is 2. The van der Waals surface area contributed by atoms with Gasteiger partial charge < -0.3 is 15.4 Å². The van der Waals surface area contributed by atoms with Crippen LogP contribution in [0.2, 0.25) is 0 Å². The molecule has 1 heterocycles. The Morgan fingerprint density at radius 2 is 1.50 bits per heavy atom. The van der Waals surface area contributed by atoms with Gasteiger partial charge in [0.05, 0.1) is 12.8 Å². The molecule has 2 saturated carbocycles. The van der Waals surface area contributed by atoms with Gasteiger partial charge >= 0.3 is 0 Å².